The summed E-state index contributed by atoms with van der Waals surface area (Å²) in [6, 6.07) is 12.4. The zero-order valence-electron chi connectivity index (χ0n) is 14.4. The summed E-state index contributed by atoms with van der Waals surface area (Å²) in [6.45, 7) is 4.09. The molecule has 0 radical (unpaired) electrons. The Morgan fingerprint density at radius 2 is 1.73 bits per heavy atom. The van der Waals surface area contributed by atoms with Gasteiger partial charge in [-0.3, -0.25) is 14.9 Å². The Hall–Kier alpha value is -3.41. The van der Waals surface area contributed by atoms with Gasteiger partial charge in [0.1, 0.15) is 11.3 Å². The number of hydrogen-bond acceptors (Lipinski definition) is 4. The molecule has 3 rings (SSSR count). The second-order valence-corrected chi connectivity index (χ2v) is 6.30. The van der Waals surface area contributed by atoms with Crippen LogP contribution in [-0.2, 0) is 9.59 Å². The number of imide groups is 2. The van der Waals surface area contributed by atoms with E-state index in [0.29, 0.717) is 17.2 Å². The molecule has 6 nitrogen and oxygen atoms in total. The summed E-state index contributed by atoms with van der Waals surface area (Å²) >= 11 is 0. The minimum atomic E-state index is -0.787. The summed E-state index contributed by atoms with van der Waals surface area (Å²) in [4.78, 5) is 38.0. The van der Waals surface area contributed by atoms with Gasteiger partial charge in [-0.1, -0.05) is 38.1 Å². The Morgan fingerprint density at radius 3 is 2.35 bits per heavy atom. The maximum Gasteiger partial charge on any atom is 0.335 e. The number of nitrogens with zero attached hydrogens (tertiary/aromatic N) is 1. The molecule has 0 atom stereocenters. The van der Waals surface area contributed by atoms with Crippen LogP contribution in [0.3, 0.4) is 0 Å². The van der Waals surface area contributed by atoms with E-state index in [1.807, 2.05) is 26.0 Å². The highest BCUT2D eigenvalue weighted by Gasteiger charge is 2.36. The van der Waals surface area contributed by atoms with Crippen LogP contribution < -0.4 is 10.2 Å². The molecular weight excluding hydrogens is 332 g/mol. The number of nitrogens with one attached hydrogen (secondary N) is 1. The van der Waals surface area contributed by atoms with Gasteiger partial charge >= 0.3 is 6.03 Å². The highest BCUT2D eigenvalue weighted by Crippen LogP contribution is 2.24. The van der Waals surface area contributed by atoms with Crippen molar-refractivity contribution in [2.45, 2.75) is 19.8 Å². The van der Waals surface area contributed by atoms with Gasteiger partial charge < -0.3 is 5.11 Å². The molecule has 132 valence electrons. The van der Waals surface area contributed by atoms with E-state index >= 15 is 0 Å². The number of carbonyl (C=O) groups is 3. The SMILES string of the molecule is CC(C)c1ccc(N2C(=O)NC(=O)/C(=C\c3cccc(O)c3)C2=O)cc1. The maximum absolute atomic E-state index is 12.8. The second kappa shape index (κ2) is 6.84. The van der Waals surface area contributed by atoms with Crippen LogP contribution in [0.1, 0.15) is 30.9 Å². The molecule has 0 aliphatic carbocycles. The van der Waals surface area contributed by atoms with Crippen molar-refractivity contribution in [1.82, 2.24) is 5.32 Å². The third kappa shape index (κ3) is 3.35. The van der Waals surface area contributed by atoms with Crippen LogP contribution in [0.2, 0.25) is 0 Å². The van der Waals surface area contributed by atoms with Gasteiger partial charge in [0.05, 0.1) is 5.69 Å². The third-order valence-corrected chi connectivity index (χ3v) is 4.10. The number of hydrogen-bond donors (Lipinski definition) is 2. The first-order valence-electron chi connectivity index (χ1n) is 8.17. The monoisotopic (exact) mass is 350 g/mol. The van der Waals surface area contributed by atoms with E-state index in [2.05, 4.69) is 5.32 Å². The minimum Gasteiger partial charge on any atom is -0.508 e. The van der Waals surface area contributed by atoms with E-state index in [4.69, 9.17) is 0 Å². The molecule has 0 unspecified atom stereocenters. The molecule has 26 heavy (non-hydrogen) atoms. The van der Waals surface area contributed by atoms with Gasteiger partial charge in [-0.25, -0.2) is 9.69 Å². The highest BCUT2D eigenvalue weighted by atomic mass is 16.3. The average molecular weight is 350 g/mol. The Bertz CT molecular complexity index is 914. The average Bonchev–Trinajstić information content (AvgIpc) is 2.59. The Kier molecular flexibility index (Phi) is 4.58. The topological polar surface area (TPSA) is 86.7 Å². The maximum atomic E-state index is 12.8. The first-order chi connectivity index (χ1) is 12.4. The quantitative estimate of drug-likeness (QED) is 0.657. The number of phenols is 1. The summed E-state index contributed by atoms with van der Waals surface area (Å²) < 4.78 is 0. The number of amides is 4. The van der Waals surface area contributed by atoms with Crippen molar-refractivity contribution in [3.05, 3.63) is 65.2 Å². The molecule has 1 aliphatic rings. The minimum absolute atomic E-state index is 0.0141. The lowest BCUT2D eigenvalue weighted by molar-refractivity contribution is -0.122. The van der Waals surface area contributed by atoms with Gasteiger partial charge in [-0.05, 0) is 47.4 Å². The highest BCUT2D eigenvalue weighted by molar-refractivity contribution is 6.39. The number of carbonyl (C=O) groups excluding carboxylic acids is 3. The van der Waals surface area contributed by atoms with Crippen LogP contribution in [0.15, 0.2) is 54.1 Å². The van der Waals surface area contributed by atoms with Crippen LogP contribution in [0.4, 0.5) is 10.5 Å². The molecule has 0 spiro atoms. The Labute approximate surface area is 150 Å². The van der Waals surface area contributed by atoms with Crippen LogP contribution >= 0.6 is 0 Å². The fraction of sp³-hybridized carbons (Fsp3) is 0.150. The van der Waals surface area contributed by atoms with E-state index in [1.165, 1.54) is 18.2 Å². The lowest BCUT2D eigenvalue weighted by Gasteiger charge is -2.26. The number of urea groups is 1. The van der Waals surface area contributed by atoms with Crippen molar-refractivity contribution in [2.75, 3.05) is 4.90 Å². The second-order valence-electron chi connectivity index (χ2n) is 6.30. The molecular formula is C20H18N2O4. The predicted molar refractivity (Wildman–Crippen MR) is 97.6 cm³/mol. The number of phenolic OH excluding ortho intramolecular Hbond substituents is 1. The molecule has 1 heterocycles. The van der Waals surface area contributed by atoms with Crippen LogP contribution in [0.25, 0.3) is 6.08 Å². The van der Waals surface area contributed by atoms with Crippen molar-refractivity contribution in [2.24, 2.45) is 0 Å². The van der Waals surface area contributed by atoms with Crippen molar-refractivity contribution in [1.29, 1.82) is 0 Å². The zero-order chi connectivity index (χ0) is 18.8. The molecule has 1 saturated heterocycles. The fourth-order valence-corrected chi connectivity index (χ4v) is 2.68. The Balaban J connectivity index is 1.98. The molecule has 1 fully saturated rings. The lowest BCUT2D eigenvalue weighted by Crippen LogP contribution is -2.54. The predicted octanol–water partition coefficient (Wildman–Crippen LogP) is 3.18. The van der Waals surface area contributed by atoms with Gasteiger partial charge in [0.2, 0.25) is 0 Å². The number of aromatic hydroxyl groups is 1. The molecule has 4 amide bonds. The van der Waals surface area contributed by atoms with Gasteiger partial charge in [0.15, 0.2) is 0 Å². The number of barbiturate groups is 1. The van der Waals surface area contributed by atoms with Gasteiger partial charge in [-0.2, -0.15) is 0 Å². The first-order valence-corrected chi connectivity index (χ1v) is 8.17. The smallest absolute Gasteiger partial charge is 0.335 e. The molecule has 2 aromatic rings. The number of rotatable bonds is 3. The van der Waals surface area contributed by atoms with Crippen LogP contribution in [0, 0.1) is 0 Å². The molecule has 6 heteroatoms. The van der Waals surface area contributed by atoms with Gasteiger partial charge in [0.25, 0.3) is 11.8 Å². The third-order valence-electron chi connectivity index (χ3n) is 4.10. The molecule has 1 aliphatic heterocycles. The lowest BCUT2D eigenvalue weighted by atomic mass is 10.0. The normalized spacial score (nSPS) is 16.3. The van der Waals surface area contributed by atoms with Crippen molar-refractivity contribution >= 4 is 29.6 Å². The largest absolute Gasteiger partial charge is 0.508 e. The summed E-state index contributed by atoms with van der Waals surface area (Å²) in [5, 5.41) is 11.7. The molecule has 0 aromatic heterocycles. The number of benzene rings is 2. The van der Waals surface area contributed by atoms with E-state index in [1.54, 1.807) is 24.3 Å². The van der Waals surface area contributed by atoms with Crippen LogP contribution in [-0.4, -0.2) is 23.0 Å². The van der Waals surface area contributed by atoms with Gasteiger partial charge in [0, 0.05) is 0 Å². The molecule has 2 aromatic carbocycles. The zero-order valence-corrected chi connectivity index (χ0v) is 14.4. The fourth-order valence-electron chi connectivity index (χ4n) is 2.68. The summed E-state index contributed by atoms with van der Waals surface area (Å²) in [5.41, 5.74) is 1.76. The van der Waals surface area contributed by atoms with Crippen molar-refractivity contribution in [3.63, 3.8) is 0 Å². The molecule has 0 bridgehead atoms. The van der Waals surface area contributed by atoms with E-state index in [-0.39, 0.29) is 11.3 Å². The number of anilines is 1. The van der Waals surface area contributed by atoms with E-state index < -0.39 is 17.8 Å². The standard InChI is InChI=1S/C20H18N2O4/c1-12(2)14-6-8-15(9-7-14)22-19(25)17(18(24)21-20(22)26)11-13-4-3-5-16(23)10-13/h3-12,23H,1-2H3,(H,21,24,26)/b17-11+. The van der Waals surface area contributed by atoms with Crippen LogP contribution in [0.5, 0.6) is 5.75 Å². The van der Waals surface area contributed by atoms with E-state index in [0.717, 1.165) is 10.5 Å². The molecule has 2 N–H and O–H groups in total. The Morgan fingerprint density at radius 1 is 1.04 bits per heavy atom. The van der Waals surface area contributed by atoms with Crippen molar-refractivity contribution in [3.8, 4) is 5.75 Å². The van der Waals surface area contributed by atoms with Gasteiger partial charge in [-0.15, -0.1) is 0 Å². The first kappa shape index (κ1) is 17.4. The van der Waals surface area contributed by atoms with Crippen molar-refractivity contribution < 1.29 is 19.5 Å². The molecule has 0 saturated carbocycles. The summed E-state index contributed by atoms with van der Waals surface area (Å²) in [5.74, 6) is -1.14. The summed E-state index contributed by atoms with van der Waals surface area (Å²) in [7, 11) is 0. The summed E-state index contributed by atoms with van der Waals surface area (Å²) in [6.07, 6.45) is 1.35. The van der Waals surface area contributed by atoms with E-state index in [9.17, 15) is 19.5 Å².